The number of aryl methyl sites for hydroxylation is 2. The van der Waals surface area contributed by atoms with Gasteiger partial charge in [0.05, 0.1) is 0 Å². The average Bonchev–Trinajstić information content (AvgIpc) is 3.15. The van der Waals surface area contributed by atoms with Crippen LogP contribution in [0.4, 0.5) is 0 Å². The highest BCUT2D eigenvalue weighted by molar-refractivity contribution is 5.99. The zero-order chi connectivity index (χ0) is 22.9. The molecule has 0 radical (unpaired) electrons. The maximum atomic E-state index is 14.0. The number of allylic oxidation sites excluding steroid dienone is 6. The van der Waals surface area contributed by atoms with Crippen molar-refractivity contribution in [3.63, 3.8) is 0 Å². The van der Waals surface area contributed by atoms with Crippen molar-refractivity contribution < 1.29 is 4.79 Å². The summed E-state index contributed by atoms with van der Waals surface area (Å²) in [4.78, 5) is 14.0. The van der Waals surface area contributed by atoms with E-state index in [0.717, 1.165) is 24.8 Å². The van der Waals surface area contributed by atoms with Crippen molar-refractivity contribution in [3.05, 3.63) is 144 Å². The van der Waals surface area contributed by atoms with Gasteiger partial charge in [-0.15, -0.1) is 0 Å². The van der Waals surface area contributed by atoms with E-state index in [0.29, 0.717) is 0 Å². The van der Waals surface area contributed by atoms with E-state index in [1.54, 1.807) is 0 Å². The molecule has 0 N–H and O–H groups in total. The van der Waals surface area contributed by atoms with Crippen LogP contribution in [-0.4, -0.2) is 5.78 Å². The van der Waals surface area contributed by atoms with Crippen molar-refractivity contribution in [2.45, 2.75) is 32.1 Å². The van der Waals surface area contributed by atoms with Crippen LogP contribution < -0.4 is 0 Å². The molecule has 4 rings (SSSR count). The van der Waals surface area contributed by atoms with Gasteiger partial charge in [-0.05, 0) is 43.2 Å². The SMILES string of the molecule is Cc1ccc(CCCC(c2ccccc2)C(C(=O)c2ccccc2)C2C=CC=CC=C2)cc1. The van der Waals surface area contributed by atoms with E-state index in [-0.39, 0.29) is 23.5 Å². The van der Waals surface area contributed by atoms with Crippen LogP contribution >= 0.6 is 0 Å². The van der Waals surface area contributed by atoms with E-state index in [4.69, 9.17) is 0 Å². The van der Waals surface area contributed by atoms with Gasteiger partial charge in [0.15, 0.2) is 5.78 Å². The minimum Gasteiger partial charge on any atom is -0.294 e. The number of carbonyl (C=O) groups excluding carboxylic acids is 1. The molecule has 0 saturated heterocycles. The summed E-state index contributed by atoms with van der Waals surface area (Å²) in [5.74, 6) is 0.264. The lowest BCUT2D eigenvalue weighted by atomic mass is 9.71. The number of carbonyl (C=O) groups is 1. The molecule has 166 valence electrons. The third kappa shape index (κ3) is 6.08. The van der Waals surface area contributed by atoms with Gasteiger partial charge < -0.3 is 0 Å². The lowest BCUT2D eigenvalue weighted by Crippen LogP contribution is -2.29. The molecule has 0 heterocycles. The van der Waals surface area contributed by atoms with Crippen LogP contribution in [0.5, 0.6) is 0 Å². The van der Waals surface area contributed by atoms with Gasteiger partial charge >= 0.3 is 0 Å². The van der Waals surface area contributed by atoms with E-state index >= 15 is 0 Å². The van der Waals surface area contributed by atoms with Crippen molar-refractivity contribution in [2.24, 2.45) is 11.8 Å². The van der Waals surface area contributed by atoms with Crippen LogP contribution in [0.1, 0.15) is 45.8 Å². The highest BCUT2D eigenvalue weighted by Crippen LogP contribution is 2.38. The Labute approximate surface area is 198 Å². The van der Waals surface area contributed by atoms with Crippen molar-refractivity contribution in [2.75, 3.05) is 0 Å². The van der Waals surface area contributed by atoms with Gasteiger partial charge in [-0.3, -0.25) is 4.79 Å². The molecule has 0 fully saturated rings. The molecule has 1 heteroatoms. The fraction of sp³-hybridized carbons (Fsp3) is 0.219. The summed E-state index contributed by atoms with van der Waals surface area (Å²) in [6, 6.07) is 29.2. The Hall–Kier alpha value is -3.45. The summed E-state index contributed by atoms with van der Waals surface area (Å²) in [5.41, 5.74) is 4.68. The first-order valence-corrected chi connectivity index (χ1v) is 11.9. The Balaban J connectivity index is 1.66. The topological polar surface area (TPSA) is 17.1 Å². The van der Waals surface area contributed by atoms with E-state index in [9.17, 15) is 4.79 Å². The Morgan fingerprint density at radius 1 is 0.758 bits per heavy atom. The van der Waals surface area contributed by atoms with Crippen LogP contribution in [0.15, 0.2) is 121 Å². The predicted octanol–water partition coefficient (Wildman–Crippen LogP) is 7.90. The summed E-state index contributed by atoms with van der Waals surface area (Å²) in [6.45, 7) is 2.12. The first-order chi connectivity index (χ1) is 16.2. The number of hydrogen-bond donors (Lipinski definition) is 0. The molecule has 0 aliphatic heterocycles. The van der Waals surface area contributed by atoms with Crippen LogP contribution in [0.25, 0.3) is 0 Å². The van der Waals surface area contributed by atoms with Crippen molar-refractivity contribution >= 4 is 5.78 Å². The molecule has 0 saturated carbocycles. The van der Waals surface area contributed by atoms with Crippen molar-refractivity contribution in [1.29, 1.82) is 0 Å². The molecule has 0 spiro atoms. The van der Waals surface area contributed by atoms with E-state index in [1.165, 1.54) is 16.7 Å². The number of hydrogen-bond acceptors (Lipinski definition) is 1. The Morgan fingerprint density at radius 3 is 2.00 bits per heavy atom. The molecule has 0 aromatic heterocycles. The minimum atomic E-state index is -0.153. The van der Waals surface area contributed by atoms with Gasteiger partial charge in [-0.2, -0.15) is 0 Å². The zero-order valence-corrected chi connectivity index (χ0v) is 19.3. The third-order valence-corrected chi connectivity index (χ3v) is 6.54. The largest absolute Gasteiger partial charge is 0.294 e. The van der Waals surface area contributed by atoms with Crippen molar-refractivity contribution in [1.82, 2.24) is 0 Å². The molecule has 0 bridgehead atoms. The Morgan fingerprint density at radius 2 is 1.36 bits per heavy atom. The smallest absolute Gasteiger partial charge is 0.167 e. The van der Waals surface area contributed by atoms with Crippen LogP contribution in [0, 0.1) is 18.8 Å². The highest BCUT2D eigenvalue weighted by atomic mass is 16.1. The first kappa shape index (κ1) is 22.7. The summed E-state index contributed by atoms with van der Waals surface area (Å²) in [7, 11) is 0. The molecule has 1 nitrogen and oxygen atoms in total. The van der Waals surface area contributed by atoms with Gasteiger partial charge in [-0.1, -0.05) is 127 Å². The molecule has 33 heavy (non-hydrogen) atoms. The standard InChI is InChI=1S/C32H32O/c1-25-21-23-26(24-22-25)13-12-20-30(27-14-8-4-9-15-27)31(28-16-6-2-3-7-17-28)32(33)29-18-10-5-11-19-29/h2-11,14-19,21-24,28,30-31H,12-13,20H2,1H3. The summed E-state index contributed by atoms with van der Waals surface area (Å²) in [5, 5.41) is 0. The lowest BCUT2D eigenvalue weighted by Gasteiger charge is -2.31. The Bertz CT molecular complexity index is 1090. The Kier molecular flexibility index (Phi) is 7.87. The number of rotatable bonds is 9. The maximum absolute atomic E-state index is 14.0. The maximum Gasteiger partial charge on any atom is 0.167 e. The van der Waals surface area contributed by atoms with Crippen LogP contribution in [0.3, 0.4) is 0 Å². The number of Topliss-reactive ketones (excluding diaryl/α,β-unsaturated/α-hetero) is 1. The first-order valence-electron chi connectivity index (χ1n) is 11.9. The molecule has 2 unspecified atom stereocenters. The quantitative estimate of drug-likeness (QED) is 0.314. The highest BCUT2D eigenvalue weighted by Gasteiger charge is 2.34. The van der Waals surface area contributed by atoms with Gasteiger partial charge in [0.25, 0.3) is 0 Å². The van der Waals surface area contributed by atoms with E-state index < -0.39 is 0 Å². The van der Waals surface area contributed by atoms with Crippen molar-refractivity contribution in [3.8, 4) is 0 Å². The number of benzene rings is 3. The molecular weight excluding hydrogens is 400 g/mol. The molecule has 3 aromatic carbocycles. The second-order valence-corrected chi connectivity index (χ2v) is 8.88. The van der Waals surface area contributed by atoms with Gasteiger partial charge in [0.2, 0.25) is 0 Å². The van der Waals surface area contributed by atoms with Crippen LogP contribution in [0.2, 0.25) is 0 Å². The lowest BCUT2D eigenvalue weighted by molar-refractivity contribution is 0.0874. The van der Waals surface area contributed by atoms with E-state index in [1.807, 2.05) is 42.5 Å². The predicted molar refractivity (Wildman–Crippen MR) is 138 cm³/mol. The molecule has 3 aromatic rings. The molecular formula is C32H32O. The zero-order valence-electron chi connectivity index (χ0n) is 19.3. The fourth-order valence-electron chi connectivity index (χ4n) is 4.77. The molecule has 1 aliphatic rings. The summed E-state index contributed by atoms with van der Waals surface area (Å²) >= 11 is 0. The summed E-state index contributed by atoms with van der Waals surface area (Å²) < 4.78 is 0. The second-order valence-electron chi connectivity index (χ2n) is 8.88. The van der Waals surface area contributed by atoms with E-state index in [2.05, 4.69) is 85.8 Å². The monoisotopic (exact) mass is 432 g/mol. The van der Waals surface area contributed by atoms with Gasteiger partial charge in [0, 0.05) is 17.4 Å². The van der Waals surface area contributed by atoms with Gasteiger partial charge in [0.1, 0.15) is 0 Å². The second kappa shape index (κ2) is 11.4. The summed E-state index contributed by atoms with van der Waals surface area (Å²) in [6.07, 6.45) is 15.6. The molecule has 2 atom stereocenters. The number of ketones is 1. The third-order valence-electron chi connectivity index (χ3n) is 6.54. The minimum absolute atomic E-state index is 0.0530. The fourth-order valence-corrected chi connectivity index (χ4v) is 4.77. The average molecular weight is 433 g/mol. The molecule has 0 amide bonds. The molecule has 1 aliphatic carbocycles. The van der Waals surface area contributed by atoms with Gasteiger partial charge in [-0.25, -0.2) is 0 Å². The normalized spacial score (nSPS) is 15.2. The van der Waals surface area contributed by atoms with Crippen LogP contribution in [-0.2, 0) is 6.42 Å².